The number of amides is 1. The summed E-state index contributed by atoms with van der Waals surface area (Å²) in [5.74, 6) is 0.644. The van der Waals surface area contributed by atoms with E-state index in [-0.39, 0.29) is 11.9 Å². The zero-order valence-corrected chi connectivity index (χ0v) is 20.2. The SMILES string of the molecule is CCn1cc(CN2CCC([C@@H](Cc3ccccc3)N(C)C(=O)c3cccs3)CC2)c(C)n1. The van der Waals surface area contributed by atoms with Crippen molar-refractivity contribution in [3.05, 3.63) is 75.7 Å². The van der Waals surface area contributed by atoms with Crippen molar-refractivity contribution in [3.8, 4) is 0 Å². The highest BCUT2D eigenvalue weighted by Crippen LogP contribution is 2.29. The van der Waals surface area contributed by atoms with Crippen LogP contribution >= 0.6 is 11.3 Å². The van der Waals surface area contributed by atoms with Crippen LogP contribution in [-0.4, -0.2) is 51.7 Å². The van der Waals surface area contributed by atoms with E-state index in [1.54, 1.807) is 0 Å². The Morgan fingerprint density at radius 2 is 1.94 bits per heavy atom. The molecule has 1 aliphatic heterocycles. The van der Waals surface area contributed by atoms with E-state index in [0.717, 1.165) is 56.0 Å². The Balaban J connectivity index is 1.44. The smallest absolute Gasteiger partial charge is 0.263 e. The van der Waals surface area contributed by atoms with Crippen LogP contribution in [-0.2, 0) is 19.5 Å². The van der Waals surface area contributed by atoms with E-state index in [1.165, 1.54) is 22.5 Å². The van der Waals surface area contributed by atoms with Crippen LogP contribution in [0.4, 0.5) is 0 Å². The first kappa shape index (κ1) is 22.7. The maximum atomic E-state index is 13.2. The van der Waals surface area contributed by atoms with Gasteiger partial charge in [0.1, 0.15) is 0 Å². The molecule has 0 radical (unpaired) electrons. The lowest BCUT2D eigenvalue weighted by Crippen LogP contribution is -2.47. The van der Waals surface area contributed by atoms with E-state index in [4.69, 9.17) is 0 Å². The summed E-state index contributed by atoms with van der Waals surface area (Å²) >= 11 is 1.53. The number of aromatic nitrogens is 2. The average molecular weight is 451 g/mol. The Morgan fingerprint density at radius 1 is 1.19 bits per heavy atom. The van der Waals surface area contributed by atoms with E-state index in [2.05, 4.69) is 60.4 Å². The van der Waals surface area contributed by atoms with Crippen molar-refractivity contribution < 1.29 is 4.79 Å². The number of carbonyl (C=O) groups is 1. The number of rotatable bonds is 8. The molecule has 3 aromatic rings. The number of nitrogens with zero attached hydrogens (tertiary/aromatic N) is 4. The van der Waals surface area contributed by atoms with E-state index >= 15 is 0 Å². The van der Waals surface area contributed by atoms with Gasteiger partial charge in [-0.2, -0.15) is 5.10 Å². The van der Waals surface area contributed by atoms with Crippen molar-refractivity contribution in [3.63, 3.8) is 0 Å². The second-order valence-corrected chi connectivity index (χ2v) is 9.81. The fourth-order valence-electron chi connectivity index (χ4n) is 4.81. The van der Waals surface area contributed by atoms with Crippen LogP contribution in [0.2, 0.25) is 0 Å². The van der Waals surface area contributed by atoms with Gasteiger partial charge in [0, 0.05) is 37.9 Å². The fourth-order valence-corrected chi connectivity index (χ4v) is 5.52. The lowest BCUT2D eigenvalue weighted by Gasteiger charge is -2.40. The third kappa shape index (κ3) is 5.30. The molecule has 1 saturated heterocycles. The van der Waals surface area contributed by atoms with E-state index < -0.39 is 0 Å². The first-order valence-electron chi connectivity index (χ1n) is 11.6. The summed E-state index contributed by atoms with van der Waals surface area (Å²) in [4.78, 5) is 18.5. The standard InChI is InChI=1S/C26H34N4OS/c1-4-30-19-23(20(2)27-30)18-29-14-12-22(13-15-29)24(17-21-9-6-5-7-10-21)28(3)26(31)25-11-8-16-32-25/h5-11,16,19,22,24H,4,12-15,17-18H2,1-3H3/t24-/m1/s1. The topological polar surface area (TPSA) is 41.4 Å². The molecule has 0 spiro atoms. The van der Waals surface area contributed by atoms with Crippen LogP contribution in [0.25, 0.3) is 0 Å². The van der Waals surface area contributed by atoms with Gasteiger partial charge in [-0.3, -0.25) is 14.4 Å². The van der Waals surface area contributed by atoms with Gasteiger partial charge in [0.2, 0.25) is 0 Å². The molecule has 4 rings (SSSR count). The van der Waals surface area contributed by atoms with Crippen molar-refractivity contribution in [2.75, 3.05) is 20.1 Å². The maximum Gasteiger partial charge on any atom is 0.263 e. The minimum Gasteiger partial charge on any atom is -0.337 e. The summed E-state index contributed by atoms with van der Waals surface area (Å²) in [6.07, 6.45) is 5.32. The number of aryl methyl sites for hydroxylation is 2. The molecule has 32 heavy (non-hydrogen) atoms. The first-order chi connectivity index (χ1) is 15.5. The van der Waals surface area contributed by atoms with Gasteiger partial charge in [-0.15, -0.1) is 11.3 Å². The van der Waals surface area contributed by atoms with Crippen molar-refractivity contribution in [1.29, 1.82) is 0 Å². The number of hydrogen-bond acceptors (Lipinski definition) is 4. The number of piperidine rings is 1. The summed E-state index contributed by atoms with van der Waals surface area (Å²) in [6.45, 7) is 8.24. The highest BCUT2D eigenvalue weighted by atomic mass is 32.1. The summed E-state index contributed by atoms with van der Waals surface area (Å²) in [6, 6.07) is 14.7. The second kappa shape index (κ2) is 10.5. The van der Waals surface area contributed by atoms with Gasteiger partial charge in [-0.25, -0.2) is 0 Å². The van der Waals surface area contributed by atoms with Gasteiger partial charge in [0.05, 0.1) is 10.6 Å². The predicted octanol–water partition coefficient (Wildman–Crippen LogP) is 4.87. The molecule has 0 aliphatic carbocycles. The summed E-state index contributed by atoms with van der Waals surface area (Å²) < 4.78 is 2.03. The molecule has 5 nitrogen and oxygen atoms in total. The Morgan fingerprint density at radius 3 is 2.56 bits per heavy atom. The van der Waals surface area contributed by atoms with Gasteiger partial charge in [-0.05, 0) is 69.1 Å². The van der Waals surface area contributed by atoms with Crippen LogP contribution in [0.5, 0.6) is 0 Å². The Kier molecular flexibility index (Phi) is 7.43. The normalized spacial score (nSPS) is 16.2. The molecule has 1 fully saturated rings. The molecule has 0 unspecified atom stereocenters. The van der Waals surface area contributed by atoms with Crippen LogP contribution < -0.4 is 0 Å². The Labute approximate surface area is 195 Å². The number of carbonyl (C=O) groups excluding carboxylic acids is 1. The van der Waals surface area contributed by atoms with Gasteiger partial charge < -0.3 is 4.90 Å². The van der Waals surface area contributed by atoms with E-state index in [0.29, 0.717) is 5.92 Å². The van der Waals surface area contributed by atoms with Crippen LogP contribution in [0.3, 0.4) is 0 Å². The molecule has 1 amide bonds. The monoisotopic (exact) mass is 450 g/mol. The van der Waals surface area contributed by atoms with Crippen molar-refractivity contribution in [1.82, 2.24) is 19.6 Å². The van der Waals surface area contributed by atoms with Gasteiger partial charge in [-0.1, -0.05) is 36.4 Å². The lowest BCUT2D eigenvalue weighted by molar-refractivity contribution is 0.0589. The third-order valence-corrected chi connectivity index (χ3v) is 7.64. The molecule has 170 valence electrons. The molecule has 1 aromatic carbocycles. The largest absolute Gasteiger partial charge is 0.337 e. The predicted molar refractivity (Wildman–Crippen MR) is 131 cm³/mol. The molecule has 6 heteroatoms. The number of likely N-dealkylation sites (N-methyl/N-ethyl adjacent to an activating group) is 1. The van der Waals surface area contributed by atoms with Gasteiger partial charge in [0.25, 0.3) is 5.91 Å². The maximum absolute atomic E-state index is 13.2. The van der Waals surface area contributed by atoms with Crippen molar-refractivity contribution in [2.45, 2.75) is 52.2 Å². The molecule has 1 atom stereocenters. The average Bonchev–Trinajstić information content (AvgIpc) is 3.48. The van der Waals surface area contributed by atoms with Gasteiger partial charge in [0.15, 0.2) is 0 Å². The zero-order chi connectivity index (χ0) is 22.5. The Bertz CT molecular complexity index is 990. The number of hydrogen-bond donors (Lipinski definition) is 0. The number of likely N-dealkylation sites (tertiary alicyclic amines) is 1. The molecule has 3 heterocycles. The zero-order valence-electron chi connectivity index (χ0n) is 19.4. The quantitative estimate of drug-likeness (QED) is 0.492. The van der Waals surface area contributed by atoms with Crippen molar-refractivity contribution >= 4 is 17.2 Å². The highest BCUT2D eigenvalue weighted by molar-refractivity contribution is 7.12. The summed E-state index contributed by atoms with van der Waals surface area (Å²) in [5, 5.41) is 6.58. The minimum absolute atomic E-state index is 0.144. The molecular formula is C26H34N4OS. The van der Waals surface area contributed by atoms with Crippen LogP contribution in [0.15, 0.2) is 54.0 Å². The molecular weight excluding hydrogens is 416 g/mol. The molecule has 2 aromatic heterocycles. The molecule has 1 aliphatic rings. The van der Waals surface area contributed by atoms with Crippen LogP contribution in [0.1, 0.15) is 46.3 Å². The summed E-state index contributed by atoms with van der Waals surface area (Å²) in [5.41, 5.74) is 3.77. The molecule has 0 N–H and O–H groups in total. The minimum atomic E-state index is 0.144. The number of thiophene rings is 1. The highest BCUT2D eigenvalue weighted by Gasteiger charge is 2.32. The van der Waals surface area contributed by atoms with Crippen molar-refractivity contribution in [2.24, 2.45) is 5.92 Å². The van der Waals surface area contributed by atoms with Gasteiger partial charge >= 0.3 is 0 Å². The second-order valence-electron chi connectivity index (χ2n) is 8.86. The molecule has 0 bridgehead atoms. The first-order valence-corrected chi connectivity index (χ1v) is 12.5. The fraction of sp³-hybridized carbons (Fsp3) is 0.462. The molecule has 0 saturated carbocycles. The lowest BCUT2D eigenvalue weighted by atomic mass is 9.84. The Hall–Kier alpha value is -2.44. The van der Waals surface area contributed by atoms with E-state index in [9.17, 15) is 4.79 Å². The van der Waals surface area contributed by atoms with Crippen LogP contribution in [0, 0.1) is 12.8 Å². The third-order valence-electron chi connectivity index (χ3n) is 6.78. The summed E-state index contributed by atoms with van der Waals surface area (Å²) in [7, 11) is 1.99. The number of benzene rings is 1. The van der Waals surface area contributed by atoms with E-state index in [1.807, 2.05) is 34.1 Å².